The third-order valence-corrected chi connectivity index (χ3v) is 2.13. The van der Waals surface area contributed by atoms with Crippen LogP contribution in [0.1, 0.15) is 18.7 Å². The van der Waals surface area contributed by atoms with Crippen molar-refractivity contribution in [1.29, 1.82) is 0 Å². The summed E-state index contributed by atoms with van der Waals surface area (Å²) in [4.78, 5) is 11.6. The van der Waals surface area contributed by atoms with E-state index in [0.29, 0.717) is 5.69 Å². The Bertz CT molecular complexity index is 520. The molecule has 0 unspecified atom stereocenters. The fourth-order valence-corrected chi connectivity index (χ4v) is 1.30. The molecule has 88 valence electrons. The van der Waals surface area contributed by atoms with Crippen molar-refractivity contribution in [2.24, 2.45) is 0 Å². The summed E-state index contributed by atoms with van der Waals surface area (Å²) in [5.41, 5.74) is 6.02. The minimum absolute atomic E-state index is 0.0582. The van der Waals surface area contributed by atoms with Gasteiger partial charge in [-0.05, 0) is 25.1 Å². The minimum atomic E-state index is -0.513. The molecule has 2 aromatic heterocycles. The summed E-state index contributed by atoms with van der Waals surface area (Å²) < 4.78 is 18.7. The van der Waals surface area contributed by atoms with Crippen molar-refractivity contribution in [2.75, 3.05) is 5.73 Å². The summed E-state index contributed by atoms with van der Waals surface area (Å²) in [6.45, 7) is 1.73. The van der Waals surface area contributed by atoms with Gasteiger partial charge in [0.15, 0.2) is 5.82 Å². The fraction of sp³-hybridized carbons (Fsp3) is 0.182. The van der Waals surface area contributed by atoms with Crippen molar-refractivity contribution >= 4 is 5.95 Å². The smallest absolute Gasteiger partial charge is 0.251 e. The largest absolute Gasteiger partial charge is 0.466 e. The molecule has 17 heavy (non-hydrogen) atoms. The van der Waals surface area contributed by atoms with E-state index in [4.69, 9.17) is 10.5 Å². The Morgan fingerprint density at radius 3 is 2.82 bits per heavy atom. The number of nitrogen functional groups attached to an aromatic ring is 1. The van der Waals surface area contributed by atoms with Crippen LogP contribution >= 0.6 is 0 Å². The highest BCUT2D eigenvalue weighted by Gasteiger charge is 2.12. The van der Waals surface area contributed by atoms with Crippen LogP contribution < -0.4 is 10.5 Å². The van der Waals surface area contributed by atoms with Crippen LogP contribution in [0.15, 0.2) is 30.6 Å². The molecule has 0 fully saturated rings. The lowest BCUT2D eigenvalue weighted by atomic mass is 10.3. The van der Waals surface area contributed by atoms with Gasteiger partial charge in [0.05, 0.1) is 5.69 Å². The van der Waals surface area contributed by atoms with Crippen molar-refractivity contribution in [1.82, 2.24) is 15.0 Å². The van der Waals surface area contributed by atoms with E-state index in [-0.39, 0.29) is 11.8 Å². The van der Waals surface area contributed by atoms with Gasteiger partial charge in [0.1, 0.15) is 6.10 Å². The quantitative estimate of drug-likeness (QED) is 0.875. The molecule has 2 aromatic rings. The molecular formula is C11H11FN4O. The molecule has 0 aliphatic heterocycles. The summed E-state index contributed by atoms with van der Waals surface area (Å²) in [5, 5.41) is 0. The molecule has 2 rings (SSSR count). The van der Waals surface area contributed by atoms with E-state index >= 15 is 0 Å². The van der Waals surface area contributed by atoms with Crippen LogP contribution in [-0.2, 0) is 0 Å². The molecule has 0 spiro atoms. The molecule has 6 heteroatoms. The third-order valence-electron chi connectivity index (χ3n) is 2.13. The number of rotatable bonds is 3. The molecule has 0 aliphatic rings. The molecule has 0 saturated carbocycles. The van der Waals surface area contributed by atoms with E-state index in [9.17, 15) is 4.39 Å². The van der Waals surface area contributed by atoms with Gasteiger partial charge >= 0.3 is 0 Å². The maximum absolute atomic E-state index is 13.3. The van der Waals surface area contributed by atoms with Crippen LogP contribution in [0.3, 0.4) is 0 Å². The van der Waals surface area contributed by atoms with Crippen LogP contribution in [0.25, 0.3) is 0 Å². The molecule has 5 nitrogen and oxygen atoms in total. The van der Waals surface area contributed by atoms with E-state index in [1.54, 1.807) is 13.0 Å². The van der Waals surface area contributed by atoms with Gasteiger partial charge in [0.25, 0.3) is 5.88 Å². The van der Waals surface area contributed by atoms with Gasteiger partial charge in [-0.2, -0.15) is 0 Å². The van der Waals surface area contributed by atoms with Crippen molar-refractivity contribution in [3.8, 4) is 5.88 Å². The number of halogens is 1. The molecule has 2 heterocycles. The molecule has 0 bridgehead atoms. The summed E-state index contributed by atoms with van der Waals surface area (Å²) in [6.07, 6.45) is 2.52. The molecule has 0 aromatic carbocycles. The number of hydrogen-bond donors (Lipinski definition) is 1. The van der Waals surface area contributed by atoms with Gasteiger partial charge in [-0.3, -0.25) is 0 Å². The number of nitrogens with two attached hydrogens (primary N) is 1. The highest BCUT2D eigenvalue weighted by molar-refractivity contribution is 5.20. The van der Waals surface area contributed by atoms with Crippen molar-refractivity contribution in [2.45, 2.75) is 13.0 Å². The number of hydrogen-bond acceptors (Lipinski definition) is 5. The average Bonchev–Trinajstić information content (AvgIpc) is 2.32. The molecule has 0 radical (unpaired) electrons. The summed E-state index contributed by atoms with van der Waals surface area (Å²) in [7, 11) is 0. The van der Waals surface area contributed by atoms with Gasteiger partial charge in [-0.25, -0.2) is 19.3 Å². The van der Waals surface area contributed by atoms with Gasteiger partial charge in [-0.1, -0.05) is 0 Å². The summed E-state index contributed by atoms with van der Waals surface area (Å²) in [6, 6.07) is 4.43. The van der Waals surface area contributed by atoms with Crippen LogP contribution in [0.2, 0.25) is 0 Å². The first-order valence-electron chi connectivity index (χ1n) is 5.02. The first-order chi connectivity index (χ1) is 8.16. The zero-order chi connectivity index (χ0) is 12.3. The number of ether oxygens (including phenoxy) is 1. The maximum Gasteiger partial charge on any atom is 0.251 e. The zero-order valence-corrected chi connectivity index (χ0v) is 9.17. The van der Waals surface area contributed by atoms with E-state index in [2.05, 4.69) is 15.0 Å². The highest BCUT2D eigenvalue weighted by atomic mass is 19.1. The topological polar surface area (TPSA) is 73.9 Å². The fourth-order valence-electron chi connectivity index (χ4n) is 1.30. The van der Waals surface area contributed by atoms with Crippen molar-refractivity contribution in [3.05, 3.63) is 42.1 Å². The third kappa shape index (κ3) is 2.66. The van der Waals surface area contributed by atoms with Gasteiger partial charge in [-0.15, -0.1) is 0 Å². The number of nitrogens with zero attached hydrogens (tertiary/aromatic N) is 3. The maximum atomic E-state index is 13.3. The van der Waals surface area contributed by atoms with Crippen molar-refractivity contribution in [3.63, 3.8) is 0 Å². The SMILES string of the molecule is C[C@@H](Oc1ncccc1F)c1ccnc(N)n1. The van der Waals surface area contributed by atoms with Crippen LogP contribution in [-0.4, -0.2) is 15.0 Å². The predicted molar refractivity (Wildman–Crippen MR) is 59.7 cm³/mol. The molecule has 0 aliphatic carbocycles. The molecular weight excluding hydrogens is 223 g/mol. The second kappa shape index (κ2) is 4.73. The minimum Gasteiger partial charge on any atom is -0.466 e. The lowest BCUT2D eigenvalue weighted by Crippen LogP contribution is -2.09. The Kier molecular flexibility index (Phi) is 3.13. The highest BCUT2D eigenvalue weighted by Crippen LogP contribution is 2.20. The lowest BCUT2D eigenvalue weighted by Gasteiger charge is -2.13. The number of aromatic nitrogens is 3. The first kappa shape index (κ1) is 11.3. The average molecular weight is 234 g/mol. The van der Waals surface area contributed by atoms with Gasteiger partial charge in [0, 0.05) is 12.4 Å². The van der Waals surface area contributed by atoms with Crippen LogP contribution in [0.4, 0.5) is 10.3 Å². The van der Waals surface area contributed by atoms with E-state index in [1.807, 2.05) is 0 Å². The normalized spacial score (nSPS) is 12.1. The first-order valence-corrected chi connectivity index (χ1v) is 5.02. The molecule has 1 atom stereocenters. The van der Waals surface area contributed by atoms with Gasteiger partial charge in [0.2, 0.25) is 5.95 Å². The second-order valence-electron chi connectivity index (χ2n) is 3.39. The predicted octanol–water partition coefficient (Wildman–Crippen LogP) is 1.73. The summed E-state index contributed by atoms with van der Waals surface area (Å²) in [5.74, 6) is -0.419. The van der Waals surface area contributed by atoms with E-state index in [1.165, 1.54) is 24.5 Å². The Labute approximate surface area is 97.5 Å². The zero-order valence-electron chi connectivity index (χ0n) is 9.17. The number of pyridine rings is 1. The molecule has 0 saturated heterocycles. The van der Waals surface area contributed by atoms with Crippen molar-refractivity contribution < 1.29 is 9.13 Å². The lowest BCUT2D eigenvalue weighted by molar-refractivity contribution is 0.202. The van der Waals surface area contributed by atoms with Crippen LogP contribution in [0, 0.1) is 5.82 Å². The Balaban J connectivity index is 2.17. The Morgan fingerprint density at radius 2 is 2.12 bits per heavy atom. The standard InChI is InChI=1S/C11H11FN4O/c1-7(9-4-6-15-11(13)16-9)17-10-8(12)3-2-5-14-10/h2-7H,1H3,(H2,13,15,16)/t7-/m1/s1. The monoisotopic (exact) mass is 234 g/mol. The van der Waals surface area contributed by atoms with E-state index < -0.39 is 11.9 Å². The number of anilines is 1. The Hall–Kier alpha value is -2.24. The Morgan fingerprint density at radius 1 is 1.29 bits per heavy atom. The summed E-state index contributed by atoms with van der Waals surface area (Å²) >= 11 is 0. The second-order valence-corrected chi connectivity index (χ2v) is 3.39. The molecule has 0 amide bonds. The van der Waals surface area contributed by atoms with Crippen LogP contribution in [0.5, 0.6) is 5.88 Å². The van der Waals surface area contributed by atoms with E-state index in [0.717, 1.165) is 0 Å². The molecule has 2 N–H and O–H groups in total. The van der Waals surface area contributed by atoms with Gasteiger partial charge < -0.3 is 10.5 Å².